The summed E-state index contributed by atoms with van der Waals surface area (Å²) in [5.41, 5.74) is 4.61. The second kappa shape index (κ2) is 10.7. The van der Waals surface area contributed by atoms with Gasteiger partial charge in [0.15, 0.2) is 11.5 Å². The van der Waals surface area contributed by atoms with Crippen LogP contribution in [0.1, 0.15) is 81.9 Å². The van der Waals surface area contributed by atoms with Gasteiger partial charge in [0.05, 0.1) is 13.7 Å². The Hall–Kier alpha value is -2.20. The molecule has 2 saturated carbocycles. The second-order valence-electron chi connectivity index (χ2n) is 11.7. The van der Waals surface area contributed by atoms with Crippen LogP contribution in [0.25, 0.3) is 0 Å². The molecule has 3 aliphatic rings. The largest absolute Gasteiger partial charge is 0.508 e. The summed E-state index contributed by atoms with van der Waals surface area (Å²) < 4.78 is 12.0. The Bertz CT molecular complexity index is 1050. The molecule has 1 N–H and O–H groups in total. The predicted molar refractivity (Wildman–Crippen MR) is 146 cm³/mol. The summed E-state index contributed by atoms with van der Waals surface area (Å²) in [6, 6.07) is 12.5. The molecule has 196 valence electrons. The van der Waals surface area contributed by atoms with E-state index in [9.17, 15) is 5.11 Å². The van der Waals surface area contributed by atoms with Gasteiger partial charge in [-0.15, -0.1) is 0 Å². The molecule has 36 heavy (non-hydrogen) atoms. The van der Waals surface area contributed by atoms with Gasteiger partial charge in [-0.1, -0.05) is 32.9 Å². The molecule has 0 radical (unpaired) electrons. The monoisotopic (exact) mass is 491 g/mol. The average molecular weight is 492 g/mol. The van der Waals surface area contributed by atoms with Gasteiger partial charge in [-0.2, -0.15) is 0 Å². The maximum Gasteiger partial charge on any atom is 0.161 e. The summed E-state index contributed by atoms with van der Waals surface area (Å²) in [6.07, 6.45) is 8.81. The number of methoxy groups -OCH3 is 1. The Morgan fingerprint density at radius 3 is 2.61 bits per heavy atom. The Kier molecular flexibility index (Phi) is 7.53. The van der Waals surface area contributed by atoms with Crippen molar-refractivity contribution >= 4 is 0 Å². The van der Waals surface area contributed by atoms with E-state index < -0.39 is 0 Å². The topological polar surface area (TPSA) is 41.9 Å². The third-order valence-electron chi connectivity index (χ3n) is 10.2. The Labute approximate surface area is 218 Å². The lowest BCUT2D eigenvalue weighted by Gasteiger charge is -2.51. The molecule has 4 nitrogen and oxygen atoms in total. The first kappa shape index (κ1) is 25.4. The molecule has 0 heterocycles. The number of nitrogens with zero attached hydrogens (tertiary/aromatic N) is 1. The standard InChI is InChI=1S/C32H45NO3/c1-5-33(6-2)21-22-7-14-30(31(19-22)35-4)36-18-16-24-9-13-29-28-11-8-23-20-25(34)10-12-26(23)27(28)15-17-32(24,29)3/h7,10,12,14,19-20,24,27-29,34H,5-6,8-9,11,13,15-18,21H2,1-4H3/t24-,27?,28?,29?,32?/m1/s1. The van der Waals surface area contributed by atoms with Crippen LogP contribution < -0.4 is 9.47 Å². The normalized spacial score (nSPS) is 28.9. The van der Waals surface area contributed by atoms with Gasteiger partial charge in [-0.25, -0.2) is 0 Å². The van der Waals surface area contributed by atoms with Gasteiger partial charge < -0.3 is 14.6 Å². The summed E-state index contributed by atoms with van der Waals surface area (Å²) in [7, 11) is 1.74. The van der Waals surface area contributed by atoms with E-state index in [2.05, 4.69) is 49.9 Å². The van der Waals surface area contributed by atoms with Crippen molar-refractivity contribution in [3.05, 3.63) is 53.1 Å². The minimum absolute atomic E-state index is 0.420. The van der Waals surface area contributed by atoms with Crippen molar-refractivity contribution in [1.82, 2.24) is 4.90 Å². The van der Waals surface area contributed by atoms with Gasteiger partial charge in [0.1, 0.15) is 5.75 Å². The van der Waals surface area contributed by atoms with Crippen molar-refractivity contribution < 1.29 is 14.6 Å². The van der Waals surface area contributed by atoms with E-state index in [1.807, 2.05) is 12.1 Å². The predicted octanol–water partition coefficient (Wildman–Crippen LogP) is 7.18. The molecule has 4 heteroatoms. The number of fused-ring (bicyclic) bond motifs is 5. The van der Waals surface area contributed by atoms with E-state index in [0.717, 1.165) is 68.3 Å². The summed E-state index contributed by atoms with van der Waals surface area (Å²) in [4.78, 5) is 2.41. The summed E-state index contributed by atoms with van der Waals surface area (Å²) in [5, 5.41) is 9.96. The number of phenolic OH excluding ortho intramolecular Hbond substituents is 1. The Morgan fingerprint density at radius 2 is 1.83 bits per heavy atom. The third-order valence-corrected chi connectivity index (χ3v) is 10.2. The number of hydrogen-bond donors (Lipinski definition) is 1. The van der Waals surface area contributed by atoms with Crippen molar-refractivity contribution in [2.24, 2.45) is 23.2 Å². The molecule has 0 saturated heterocycles. The molecule has 0 bridgehead atoms. The summed E-state index contributed by atoms with van der Waals surface area (Å²) in [6.45, 7) is 10.8. The fourth-order valence-corrected chi connectivity index (χ4v) is 8.10. The van der Waals surface area contributed by atoms with E-state index in [0.29, 0.717) is 17.1 Å². The lowest BCUT2D eigenvalue weighted by atomic mass is 9.54. The van der Waals surface area contributed by atoms with Crippen LogP contribution in [0.4, 0.5) is 0 Å². The fraction of sp³-hybridized carbons (Fsp3) is 0.625. The van der Waals surface area contributed by atoms with E-state index in [-0.39, 0.29) is 0 Å². The van der Waals surface area contributed by atoms with Crippen molar-refractivity contribution in [2.75, 3.05) is 26.8 Å². The number of rotatable bonds is 9. The molecule has 5 atom stereocenters. The molecule has 3 aliphatic carbocycles. The first-order valence-corrected chi connectivity index (χ1v) is 14.3. The van der Waals surface area contributed by atoms with Gasteiger partial charge >= 0.3 is 0 Å². The van der Waals surface area contributed by atoms with E-state index >= 15 is 0 Å². The summed E-state index contributed by atoms with van der Waals surface area (Å²) in [5.74, 6) is 5.17. The minimum atomic E-state index is 0.420. The van der Waals surface area contributed by atoms with Crippen molar-refractivity contribution in [2.45, 2.75) is 78.2 Å². The molecular formula is C32H45NO3. The smallest absolute Gasteiger partial charge is 0.161 e. The molecule has 2 aromatic carbocycles. The Morgan fingerprint density at radius 1 is 1.00 bits per heavy atom. The van der Waals surface area contributed by atoms with Crippen LogP contribution in [-0.2, 0) is 13.0 Å². The molecule has 0 spiro atoms. The van der Waals surface area contributed by atoms with Gasteiger partial charge in [0, 0.05) is 6.54 Å². The molecule has 5 rings (SSSR count). The van der Waals surface area contributed by atoms with Crippen molar-refractivity contribution in [1.29, 1.82) is 0 Å². The zero-order valence-electron chi connectivity index (χ0n) is 22.8. The third kappa shape index (κ3) is 4.74. The molecule has 0 aliphatic heterocycles. The van der Waals surface area contributed by atoms with E-state index in [4.69, 9.17) is 9.47 Å². The van der Waals surface area contributed by atoms with Crippen LogP contribution >= 0.6 is 0 Å². The van der Waals surface area contributed by atoms with Crippen LogP contribution in [0.5, 0.6) is 17.2 Å². The van der Waals surface area contributed by atoms with E-state index in [1.54, 1.807) is 7.11 Å². The highest BCUT2D eigenvalue weighted by atomic mass is 16.5. The quantitative estimate of drug-likeness (QED) is 0.403. The first-order chi connectivity index (χ1) is 17.5. The number of aromatic hydroxyl groups is 1. The average Bonchev–Trinajstić information content (AvgIpc) is 3.23. The van der Waals surface area contributed by atoms with Crippen molar-refractivity contribution in [3.8, 4) is 17.2 Å². The molecule has 2 aromatic rings. The Balaban J connectivity index is 1.21. The number of benzene rings is 2. The van der Waals surface area contributed by atoms with Crippen LogP contribution in [0.3, 0.4) is 0 Å². The van der Waals surface area contributed by atoms with Crippen molar-refractivity contribution in [3.63, 3.8) is 0 Å². The number of hydrogen-bond acceptors (Lipinski definition) is 4. The maximum atomic E-state index is 9.96. The number of phenols is 1. The summed E-state index contributed by atoms with van der Waals surface area (Å²) >= 11 is 0. The lowest BCUT2D eigenvalue weighted by Crippen LogP contribution is -2.42. The zero-order chi connectivity index (χ0) is 25.3. The highest BCUT2D eigenvalue weighted by Gasteiger charge is 2.54. The van der Waals surface area contributed by atoms with Crippen LogP contribution in [0.2, 0.25) is 0 Å². The second-order valence-corrected chi connectivity index (χ2v) is 11.7. The molecule has 4 unspecified atom stereocenters. The zero-order valence-corrected chi connectivity index (χ0v) is 22.8. The van der Waals surface area contributed by atoms with Crippen LogP contribution in [-0.4, -0.2) is 36.8 Å². The van der Waals surface area contributed by atoms with Gasteiger partial charge in [-0.05, 0) is 128 Å². The highest BCUT2D eigenvalue weighted by Crippen LogP contribution is 2.63. The molecular weight excluding hydrogens is 446 g/mol. The SMILES string of the molecule is CCN(CC)Cc1ccc(OCC[C@H]2CCC3C4CCc5cc(O)ccc5C4CCC32C)c(OC)c1. The van der Waals surface area contributed by atoms with Crippen LogP contribution in [0, 0.1) is 23.2 Å². The van der Waals surface area contributed by atoms with Gasteiger partial charge in [-0.3, -0.25) is 4.90 Å². The lowest BCUT2D eigenvalue weighted by molar-refractivity contribution is 0.0219. The fourth-order valence-electron chi connectivity index (χ4n) is 8.10. The molecule has 2 fully saturated rings. The minimum Gasteiger partial charge on any atom is -0.508 e. The number of aryl methyl sites for hydroxylation is 1. The number of ether oxygens (including phenoxy) is 2. The van der Waals surface area contributed by atoms with Gasteiger partial charge in [0.2, 0.25) is 0 Å². The molecule has 0 amide bonds. The maximum absolute atomic E-state index is 9.96. The van der Waals surface area contributed by atoms with Gasteiger partial charge in [0.25, 0.3) is 0 Å². The van der Waals surface area contributed by atoms with E-state index in [1.165, 1.54) is 48.8 Å². The highest BCUT2D eigenvalue weighted by molar-refractivity contribution is 5.43. The van der Waals surface area contributed by atoms with Crippen LogP contribution in [0.15, 0.2) is 36.4 Å². The molecule has 0 aromatic heterocycles. The first-order valence-electron chi connectivity index (χ1n) is 14.3.